The Hall–Kier alpha value is -3.01. The maximum Gasteiger partial charge on any atom is 0.339 e. The number of ether oxygens (including phenoxy) is 2. The molecule has 1 amide bonds. The number of carbonyl (C=O) groups excluding carboxylic acids is 3. The molecule has 0 aliphatic rings. The average Bonchev–Trinajstić information content (AvgIpc) is 3.00. The number of esters is 2. The highest BCUT2D eigenvalue weighted by Crippen LogP contribution is 2.16. The molecule has 1 N–H and O–H groups in total. The Morgan fingerprint density at radius 3 is 2.71 bits per heavy atom. The molecule has 0 radical (unpaired) electrons. The van der Waals surface area contributed by atoms with Crippen molar-refractivity contribution in [1.29, 1.82) is 0 Å². The Morgan fingerprint density at radius 2 is 2.04 bits per heavy atom. The number of amides is 1. The van der Waals surface area contributed by atoms with Gasteiger partial charge in [-0.15, -0.1) is 11.3 Å². The third-order valence-electron chi connectivity index (χ3n) is 2.72. The summed E-state index contributed by atoms with van der Waals surface area (Å²) in [4.78, 5) is 38.6. The Labute approximate surface area is 140 Å². The van der Waals surface area contributed by atoms with Crippen LogP contribution in [0.15, 0.2) is 29.9 Å². The highest BCUT2D eigenvalue weighted by Gasteiger charge is 2.13. The molecular weight excluding hydrogens is 338 g/mol. The average molecular weight is 351 g/mol. The number of pyridine rings is 1. The molecule has 0 aromatic carbocycles. The summed E-state index contributed by atoms with van der Waals surface area (Å²) in [6.07, 6.45) is 2.30. The summed E-state index contributed by atoms with van der Waals surface area (Å²) >= 11 is 1.13. The van der Waals surface area contributed by atoms with E-state index in [-0.39, 0.29) is 17.1 Å². The van der Waals surface area contributed by atoms with Crippen molar-refractivity contribution >= 4 is 34.3 Å². The molecule has 0 fully saturated rings. The van der Waals surface area contributed by atoms with Gasteiger partial charge in [-0.2, -0.15) is 4.73 Å². The SMILES string of the molecule is COC(=O)Cc1csc(NC(=O)COC(=O)c2cc[n+]([O-])cc2)n1. The lowest BCUT2D eigenvalue weighted by atomic mass is 10.3. The van der Waals surface area contributed by atoms with Crippen molar-refractivity contribution in [2.24, 2.45) is 0 Å². The van der Waals surface area contributed by atoms with Gasteiger partial charge < -0.3 is 14.7 Å². The molecular formula is C14H13N3O6S. The molecule has 126 valence electrons. The predicted octanol–water partition coefficient (Wildman–Crippen LogP) is 0.287. The van der Waals surface area contributed by atoms with Crippen LogP contribution < -0.4 is 10.0 Å². The van der Waals surface area contributed by atoms with E-state index < -0.39 is 24.5 Å². The summed E-state index contributed by atoms with van der Waals surface area (Å²) in [5.41, 5.74) is 0.624. The zero-order valence-electron chi connectivity index (χ0n) is 12.6. The number of hydrogen-bond acceptors (Lipinski definition) is 8. The van der Waals surface area contributed by atoms with E-state index in [2.05, 4.69) is 15.0 Å². The molecule has 0 atom stereocenters. The molecule has 2 rings (SSSR count). The normalized spacial score (nSPS) is 10.0. The first-order valence-electron chi connectivity index (χ1n) is 6.65. The number of rotatable bonds is 6. The summed E-state index contributed by atoms with van der Waals surface area (Å²) < 4.78 is 9.88. The molecule has 0 aliphatic heterocycles. The van der Waals surface area contributed by atoms with Crippen LogP contribution in [-0.4, -0.2) is 36.5 Å². The van der Waals surface area contributed by atoms with Crippen LogP contribution >= 0.6 is 11.3 Å². The van der Waals surface area contributed by atoms with Gasteiger partial charge >= 0.3 is 11.9 Å². The zero-order chi connectivity index (χ0) is 17.5. The van der Waals surface area contributed by atoms with Crippen LogP contribution in [-0.2, 0) is 25.5 Å². The molecule has 10 heteroatoms. The van der Waals surface area contributed by atoms with Crippen LogP contribution in [0.5, 0.6) is 0 Å². The van der Waals surface area contributed by atoms with Crippen molar-refractivity contribution in [1.82, 2.24) is 4.98 Å². The molecule has 0 unspecified atom stereocenters. The number of methoxy groups -OCH3 is 1. The first-order chi connectivity index (χ1) is 11.5. The molecule has 2 aromatic heterocycles. The fraction of sp³-hybridized carbons (Fsp3) is 0.214. The predicted molar refractivity (Wildman–Crippen MR) is 82.1 cm³/mol. The van der Waals surface area contributed by atoms with Crippen LogP contribution in [0.1, 0.15) is 16.1 Å². The summed E-state index contributed by atoms with van der Waals surface area (Å²) in [5, 5.41) is 15.2. The quantitative estimate of drug-likeness (QED) is 0.451. The smallest absolute Gasteiger partial charge is 0.339 e. The Balaban J connectivity index is 1.82. The maximum absolute atomic E-state index is 11.7. The summed E-state index contributed by atoms with van der Waals surface area (Å²) in [7, 11) is 1.27. The number of thiazole rings is 1. The van der Waals surface area contributed by atoms with Crippen LogP contribution in [0, 0.1) is 5.21 Å². The lowest BCUT2D eigenvalue weighted by Gasteiger charge is -2.04. The molecule has 0 spiro atoms. The minimum Gasteiger partial charge on any atom is -0.619 e. The van der Waals surface area contributed by atoms with Crippen molar-refractivity contribution in [2.45, 2.75) is 6.42 Å². The van der Waals surface area contributed by atoms with Gasteiger partial charge in [0.05, 0.1) is 24.8 Å². The van der Waals surface area contributed by atoms with Gasteiger partial charge in [-0.25, -0.2) is 9.78 Å². The molecule has 2 heterocycles. The molecule has 0 bridgehead atoms. The molecule has 0 saturated heterocycles. The van der Waals surface area contributed by atoms with E-state index in [1.54, 1.807) is 5.38 Å². The largest absolute Gasteiger partial charge is 0.619 e. The van der Waals surface area contributed by atoms with Gasteiger partial charge in [0, 0.05) is 17.5 Å². The number of aromatic nitrogens is 2. The molecule has 9 nitrogen and oxygen atoms in total. The van der Waals surface area contributed by atoms with E-state index in [4.69, 9.17) is 4.74 Å². The summed E-state index contributed by atoms with van der Waals surface area (Å²) in [5.74, 6) is -1.73. The van der Waals surface area contributed by atoms with Gasteiger partial charge in [-0.05, 0) is 0 Å². The van der Waals surface area contributed by atoms with E-state index in [1.807, 2.05) is 0 Å². The second kappa shape index (κ2) is 8.02. The highest BCUT2D eigenvalue weighted by atomic mass is 32.1. The van der Waals surface area contributed by atoms with Crippen molar-refractivity contribution in [2.75, 3.05) is 19.0 Å². The van der Waals surface area contributed by atoms with Crippen molar-refractivity contribution in [3.8, 4) is 0 Å². The third kappa shape index (κ3) is 5.02. The van der Waals surface area contributed by atoms with E-state index in [1.165, 1.54) is 19.2 Å². The van der Waals surface area contributed by atoms with E-state index >= 15 is 0 Å². The van der Waals surface area contributed by atoms with E-state index in [0.717, 1.165) is 23.7 Å². The summed E-state index contributed by atoms with van der Waals surface area (Å²) in [6, 6.07) is 2.57. The van der Waals surface area contributed by atoms with Crippen molar-refractivity contribution in [3.05, 3.63) is 46.4 Å². The van der Waals surface area contributed by atoms with Crippen LogP contribution in [0.2, 0.25) is 0 Å². The van der Waals surface area contributed by atoms with Gasteiger partial charge in [0.1, 0.15) is 0 Å². The van der Waals surface area contributed by atoms with Crippen LogP contribution in [0.3, 0.4) is 0 Å². The number of nitrogens with zero attached hydrogens (tertiary/aromatic N) is 2. The first-order valence-corrected chi connectivity index (χ1v) is 7.53. The van der Waals surface area contributed by atoms with E-state index in [9.17, 15) is 19.6 Å². The second-order valence-electron chi connectivity index (χ2n) is 4.47. The number of hydrogen-bond donors (Lipinski definition) is 1. The third-order valence-corrected chi connectivity index (χ3v) is 3.53. The number of anilines is 1. The lowest BCUT2D eigenvalue weighted by molar-refractivity contribution is -0.605. The van der Waals surface area contributed by atoms with Crippen molar-refractivity contribution < 1.29 is 28.6 Å². The fourth-order valence-corrected chi connectivity index (χ4v) is 2.31. The highest BCUT2D eigenvalue weighted by molar-refractivity contribution is 7.13. The monoisotopic (exact) mass is 351 g/mol. The van der Waals surface area contributed by atoms with Gasteiger partial charge in [0.2, 0.25) is 0 Å². The standard InChI is InChI=1S/C14H13N3O6S/c1-22-12(19)6-10-8-24-14(15-10)16-11(18)7-23-13(20)9-2-4-17(21)5-3-9/h2-5,8H,6-7H2,1H3,(H,15,16,18). The first kappa shape index (κ1) is 17.3. The van der Waals surface area contributed by atoms with Crippen LogP contribution in [0.25, 0.3) is 0 Å². The minimum atomic E-state index is -0.726. The van der Waals surface area contributed by atoms with Gasteiger partial charge in [0.15, 0.2) is 24.1 Å². The number of nitrogens with one attached hydrogen (secondary N) is 1. The van der Waals surface area contributed by atoms with Gasteiger partial charge in [-0.1, -0.05) is 0 Å². The molecule has 0 saturated carbocycles. The summed E-state index contributed by atoms with van der Waals surface area (Å²) in [6.45, 7) is -0.503. The van der Waals surface area contributed by atoms with E-state index in [0.29, 0.717) is 10.4 Å². The Kier molecular flexibility index (Phi) is 5.79. The van der Waals surface area contributed by atoms with Crippen LogP contribution in [0.4, 0.5) is 5.13 Å². The fourth-order valence-electron chi connectivity index (χ4n) is 1.58. The number of carbonyl (C=O) groups is 3. The topological polar surface area (TPSA) is 122 Å². The zero-order valence-corrected chi connectivity index (χ0v) is 13.4. The molecule has 24 heavy (non-hydrogen) atoms. The van der Waals surface area contributed by atoms with Gasteiger partial charge in [-0.3, -0.25) is 14.9 Å². The molecule has 0 aliphatic carbocycles. The maximum atomic E-state index is 11.7. The Morgan fingerprint density at radius 1 is 1.33 bits per heavy atom. The molecule has 2 aromatic rings. The Bertz CT molecular complexity index is 743. The van der Waals surface area contributed by atoms with Crippen molar-refractivity contribution in [3.63, 3.8) is 0 Å². The minimum absolute atomic E-state index is 0.00553. The van der Waals surface area contributed by atoms with Gasteiger partial charge in [0.25, 0.3) is 5.91 Å². The second-order valence-corrected chi connectivity index (χ2v) is 5.33. The lowest BCUT2D eigenvalue weighted by Crippen LogP contribution is -2.25.